The molecular weight excluding hydrogens is 410 g/mol. The van der Waals surface area contributed by atoms with Gasteiger partial charge in [-0.05, 0) is 60.1 Å². The molecule has 0 radical (unpaired) electrons. The highest BCUT2D eigenvalue weighted by atomic mass is 16.2. The summed E-state index contributed by atoms with van der Waals surface area (Å²) in [5, 5.41) is 2.90. The summed E-state index contributed by atoms with van der Waals surface area (Å²) in [6.07, 6.45) is 5.74. The molecule has 0 bridgehead atoms. The molecule has 2 aromatic carbocycles. The Balaban J connectivity index is 1.54. The summed E-state index contributed by atoms with van der Waals surface area (Å²) < 4.78 is 0. The number of nitrogens with zero attached hydrogens (tertiary/aromatic N) is 2. The van der Waals surface area contributed by atoms with Gasteiger partial charge in [0.05, 0.1) is 11.8 Å². The highest BCUT2D eigenvalue weighted by molar-refractivity contribution is 5.84. The summed E-state index contributed by atoms with van der Waals surface area (Å²) in [5.74, 6) is 0.148. The smallest absolute Gasteiger partial charge is 0.227 e. The molecule has 5 heteroatoms. The Hall–Kier alpha value is -3.47. The molecule has 170 valence electrons. The van der Waals surface area contributed by atoms with E-state index in [1.54, 1.807) is 19.4 Å². The van der Waals surface area contributed by atoms with Crippen LogP contribution in [0.3, 0.4) is 0 Å². The van der Waals surface area contributed by atoms with Gasteiger partial charge in [-0.2, -0.15) is 0 Å². The van der Waals surface area contributed by atoms with E-state index in [2.05, 4.69) is 53.6 Å². The van der Waals surface area contributed by atoms with Crippen LogP contribution in [0.2, 0.25) is 0 Å². The molecule has 0 unspecified atom stereocenters. The lowest BCUT2D eigenvalue weighted by Crippen LogP contribution is -2.51. The van der Waals surface area contributed by atoms with E-state index >= 15 is 0 Å². The minimum atomic E-state index is -0.529. The van der Waals surface area contributed by atoms with Crippen LogP contribution >= 0.6 is 0 Å². The average Bonchev–Trinajstić information content (AvgIpc) is 2.85. The Morgan fingerprint density at radius 1 is 0.970 bits per heavy atom. The van der Waals surface area contributed by atoms with Gasteiger partial charge in [0, 0.05) is 32.5 Å². The van der Waals surface area contributed by atoms with Crippen LogP contribution in [-0.2, 0) is 22.4 Å². The molecule has 4 rings (SSSR count). The van der Waals surface area contributed by atoms with Crippen molar-refractivity contribution in [3.63, 3.8) is 0 Å². The third kappa shape index (κ3) is 4.98. The first kappa shape index (κ1) is 22.7. The number of amides is 2. The van der Waals surface area contributed by atoms with Crippen molar-refractivity contribution in [2.24, 2.45) is 5.41 Å². The van der Waals surface area contributed by atoms with E-state index in [4.69, 9.17) is 0 Å². The number of pyridine rings is 1. The van der Waals surface area contributed by atoms with Gasteiger partial charge in [-0.25, -0.2) is 0 Å². The molecule has 1 aliphatic rings. The van der Waals surface area contributed by atoms with Crippen LogP contribution in [-0.4, -0.2) is 41.8 Å². The number of hydrogen-bond acceptors (Lipinski definition) is 3. The zero-order valence-electron chi connectivity index (χ0n) is 19.4. The van der Waals surface area contributed by atoms with E-state index < -0.39 is 5.41 Å². The Morgan fingerprint density at radius 2 is 1.67 bits per heavy atom. The Labute approximate surface area is 195 Å². The number of piperidine rings is 1. The maximum absolute atomic E-state index is 13.2. The predicted octanol–water partition coefficient (Wildman–Crippen LogP) is 4.20. The monoisotopic (exact) mass is 441 g/mol. The van der Waals surface area contributed by atoms with E-state index in [-0.39, 0.29) is 11.8 Å². The van der Waals surface area contributed by atoms with Gasteiger partial charge in [0.25, 0.3) is 0 Å². The number of likely N-dealkylation sites (tertiary alicyclic amines) is 1. The molecule has 1 aromatic heterocycles. The fraction of sp³-hybridized carbons (Fsp3) is 0.321. The molecule has 0 atom stereocenters. The van der Waals surface area contributed by atoms with Crippen molar-refractivity contribution >= 4 is 11.8 Å². The third-order valence-electron chi connectivity index (χ3n) is 6.84. The van der Waals surface area contributed by atoms with Gasteiger partial charge in [0.15, 0.2) is 0 Å². The van der Waals surface area contributed by atoms with Crippen LogP contribution in [0.5, 0.6) is 0 Å². The average molecular weight is 442 g/mol. The Morgan fingerprint density at radius 3 is 2.33 bits per heavy atom. The van der Waals surface area contributed by atoms with Crippen LogP contribution in [0.4, 0.5) is 0 Å². The van der Waals surface area contributed by atoms with Crippen molar-refractivity contribution in [1.29, 1.82) is 0 Å². The van der Waals surface area contributed by atoms with Crippen molar-refractivity contribution in [3.05, 3.63) is 89.7 Å². The van der Waals surface area contributed by atoms with Crippen molar-refractivity contribution in [2.75, 3.05) is 20.1 Å². The predicted molar refractivity (Wildman–Crippen MR) is 131 cm³/mol. The van der Waals surface area contributed by atoms with Crippen molar-refractivity contribution in [2.45, 2.75) is 32.6 Å². The molecule has 0 saturated carbocycles. The molecule has 33 heavy (non-hydrogen) atoms. The van der Waals surface area contributed by atoms with E-state index in [9.17, 15) is 9.59 Å². The number of aryl methyl sites for hydroxylation is 1. The van der Waals surface area contributed by atoms with Crippen LogP contribution in [0.1, 0.15) is 29.5 Å². The summed E-state index contributed by atoms with van der Waals surface area (Å²) in [6.45, 7) is 3.28. The highest BCUT2D eigenvalue weighted by Crippen LogP contribution is 2.39. The van der Waals surface area contributed by atoms with Gasteiger partial charge >= 0.3 is 0 Å². The second-order valence-electron chi connectivity index (χ2n) is 8.93. The molecule has 0 spiro atoms. The lowest BCUT2D eigenvalue weighted by Gasteiger charge is -2.41. The lowest BCUT2D eigenvalue weighted by molar-refractivity contribution is -0.140. The minimum Gasteiger partial charge on any atom is -0.359 e. The molecule has 1 N–H and O–H groups in total. The molecule has 2 amide bonds. The number of aromatic nitrogens is 1. The normalized spacial score (nSPS) is 15.2. The molecule has 1 fully saturated rings. The van der Waals surface area contributed by atoms with E-state index in [1.807, 2.05) is 29.2 Å². The maximum atomic E-state index is 13.2. The Kier molecular flexibility index (Phi) is 6.87. The van der Waals surface area contributed by atoms with Crippen molar-refractivity contribution < 1.29 is 9.59 Å². The number of nitrogens with one attached hydrogen (secondary N) is 1. The number of benzene rings is 2. The van der Waals surface area contributed by atoms with E-state index in [0.717, 1.165) is 5.56 Å². The standard InChI is InChI=1S/C28H31N3O2/c1-21-8-3-5-11-24(21)25-12-6-4-10-23(25)19-28(27(33)29-2)13-16-31(17-14-28)26(32)18-22-9-7-15-30-20-22/h3-12,15,20H,13-14,16-19H2,1-2H3,(H,29,33). The summed E-state index contributed by atoms with van der Waals surface area (Å²) in [6, 6.07) is 20.5. The second-order valence-corrected chi connectivity index (χ2v) is 8.93. The molecule has 1 aliphatic heterocycles. The first-order chi connectivity index (χ1) is 16.0. The van der Waals surface area contributed by atoms with Gasteiger partial charge in [-0.3, -0.25) is 14.6 Å². The zero-order valence-corrected chi connectivity index (χ0v) is 19.4. The molecule has 1 saturated heterocycles. The summed E-state index contributed by atoms with van der Waals surface area (Å²) in [4.78, 5) is 32.0. The van der Waals surface area contributed by atoms with Crippen LogP contribution in [0.15, 0.2) is 73.1 Å². The molecular formula is C28H31N3O2. The topological polar surface area (TPSA) is 62.3 Å². The lowest BCUT2D eigenvalue weighted by atomic mass is 9.72. The molecule has 2 heterocycles. The van der Waals surface area contributed by atoms with Crippen LogP contribution < -0.4 is 5.32 Å². The number of carbonyl (C=O) groups is 2. The zero-order chi connectivity index (χ0) is 23.3. The van der Waals surface area contributed by atoms with Gasteiger partial charge in [-0.1, -0.05) is 54.6 Å². The quantitative estimate of drug-likeness (QED) is 0.624. The summed E-state index contributed by atoms with van der Waals surface area (Å²) in [7, 11) is 1.71. The molecule has 3 aromatic rings. The fourth-order valence-electron chi connectivity index (χ4n) is 4.90. The first-order valence-corrected chi connectivity index (χ1v) is 11.6. The first-order valence-electron chi connectivity index (χ1n) is 11.6. The minimum absolute atomic E-state index is 0.0569. The fourth-order valence-corrected chi connectivity index (χ4v) is 4.90. The maximum Gasteiger partial charge on any atom is 0.227 e. The summed E-state index contributed by atoms with van der Waals surface area (Å²) >= 11 is 0. The number of hydrogen-bond donors (Lipinski definition) is 1. The van der Waals surface area contributed by atoms with Crippen molar-refractivity contribution in [3.8, 4) is 11.1 Å². The number of rotatable bonds is 6. The van der Waals surface area contributed by atoms with Crippen LogP contribution in [0.25, 0.3) is 11.1 Å². The van der Waals surface area contributed by atoms with Crippen LogP contribution in [0, 0.1) is 12.3 Å². The SMILES string of the molecule is CNC(=O)C1(Cc2ccccc2-c2ccccc2C)CCN(C(=O)Cc2cccnc2)CC1. The van der Waals surface area contributed by atoms with Gasteiger partial charge in [-0.15, -0.1) is 0 Å². The highest BCUT2D eigenvalue weighted by Gasteiger charge is 2.42. The second kappa shape index (κ2) is 9.99. The summed E-state index contributed by atoms with van der Waals surface area (Å²) in [5.41, 5.74) is 5.15. The third-order valence-corrected chi connectivity index (χ3v) is 6.84. The van der Waals surface area contributed by atoms with Crippen molar-refractivity contribution in [1.82, 2.24) is 15.2 Å². The van der Waals surface area contributed by atoms with Gasteiger partial charge in [0.2, 0.25) is 11.8 Å². The van der Waals surface area contributed by atoms with E-state index in [0.29, 0.717) is 38.8 Å². The Bertz CT molecular complexity index is 1120. The number of carbonyl (C=O) groups excluding carboxylic acids is 2. The molecule has 5 nitrogen and oxygen atoms in total. The van der Waals surface area contributed by atoms with Gasteiger partial charge < -0.3 is 10.2 Å². The van der Waals surface area contributed by atoms with Gasteiger partial charge in [0.1, 0.15) is 0 Å². The molecule has 0 aliphatic carbocycles. The van der Waals surface area contributed by atoms with E-state index in [1.165, 1.54) is 22.3 Å². The largest absolute Gasteiger partial charge is 0.359 e.